The molecule has 11 nitrogen and oxygen atoms in total. The van der Waals surface area contributed by atoms with E-state index in [0.29, 0.717) is 27.4 Å². The molecule has 0 fully saturated rings. The molecule has 1 aliphatic rings. The summed E-state index contributed by atoms with van der Waals surface area (Å²) in [6, 6.07) is 10.3. The van der Waals surface area contributed by atoms with Crippen molar-refractivity contribution in [3.63, 3.8) is 0 Å². The second kappa shape index (κ2) is 12.7. The number of nitrogens with zero attached hydrogens (tertiary/aromatic N) is 5. The van der Waals surface area contributed by atoms with Crippen LogP contribution in [0.2, 0.25) is 10.0 Å². The van der Waals surface area contributed by atoms with E-state index in [-0.39, 0.29) is 47.1 Å². The monoisotopic (exact) mass is 677 g/mol. The van der Waals surface area contributed by atoms with Gasteiger partial charge in [0, 0.05) is 37.3 Å². The van der Waals surface area contributed by atoms with E-state index < -0.39 is 29.9 Å². The van der Waals surface area contributed by atoms with Crippen LogP contribution in [0.1, 0.15) is 57.6 Å². The molecule has 2 aromatic carbocycles. The number of carbonyl (C=O) groups is 2. The number of carbonyl (C=O) groups excluding carboxylic acids is 2. The zero-order chi connectivity index (χ0) is 33.5. The van der Waals surface area contributed by atoms with Gasteiger partial charge in [-0.3, -0.25) is 19.1 Å². The summed E-state index contributed by atoms with van der Waals surface area (Å²) in [6.07, 6.45) is -4.66. The lowest BCUT2D eigenvalue weighted by atomic mass is 9.98. The van der Waals surface area contributed by atoms with Crippen LogP contribution in [-0.2, 0) is 20.0 Å². The highest BCUT2D eigenvalue weighted by molar-refractivity contribution is 6.42. The number of halogens is 5. The molecule has 46 heavy (non-hydrogen) atoms. The number of fused-ring (bicyclic) bond motifs is 1. The first-order valence-electron chi connectivity index (χ1n) is 14.0. The summed E-state index contributed by atoms with van der Waals surface area (Å²) in [4.78, 5) is 46.4. The van der Waals surface area contributed by atoms with Crippen LogP contribution in [-0.4, -0.2) is 55.5 Å². The van der Waals surface area contributed by atoms with Crippen molar-refractivity contribution in [3.05, 3.63) is 97.0 Å². The molecule has 2 atom stereocenters. The normalized spacial score (nSPS) is 15.2. The quantitative estimate of drug-likeness (QED) is 0.272. The second-order valence-electron chi connectivity index (χ2n) is 10.7. The van der Waals surface area contributed by atoms with Crippen LogP contribution < -0.4 is 20.9 Å². The number of rotatable bonds is 7. The Hall–Kier alpha value is -4.56. The SMILES string of the molecule is CNC(=O)c1cc(-n2c(N[C@@H](C)c3ccc(OC(F)(F)F)cc3)nc3c(c2=O)C[C@@H](C)N(C(=O)c2ccc(Cl)c(Cl)c2)C3)nn1C. The summed E-state index contributed by atoms with van der Waals surface area (Å²) in [5, 5.41) is 10.6. The Morgan fingerprint density at radius 3 is 2.41 bits per heavy atom. The van der Waals surface area contributed by atoms with E-state index in [1.54, 1.807) is 24.9 Å². The number of alkyl halides is 3. The average Bonchev–Trinajstić information content (AvgIpc) is 3.38. The minimum absolute atomic E-state index is 0.00388. The third-order valence-corrected chi connectivity index (χ3v) is 8.30. The molecule has 3 heterocycles. The molecule has 2 aromatic heterocycles. The van der Waals surface area contributed by atoms with Crippen LogP contribution in [0.3, 0.4) is 0 Å². The number of anilines is 1. The van der Waals surface area contributed by atoms with Crippen molar-refractivity contribution in [1.82, 2.24) is 29.5 Å². The van der Waals surface area contributed by atoms with Crippen molar-refractivity contribution in [2.75, 3.05) is 12.4 Å². The fourth-order valence-electron chi connectivity index (χ4n) is 5.17. The number of hydrogen-bond acceptors (Lipinski definition) is 7. The van der Waals surface area contributed by atoms with E-state index in [1.165, 1.54) is 58.8 Å². The summed E-state index contributed by atoms with van der Waals surface area (Å²) in [5.74, 6) is -0.971. The van der Waals surface area contributed by atoms with E-state index in [1.807, 2.05) is 6.92 Å². The molecular weight excluding hydrogens is 650 g/mol. The van der Waals surface area contributed by atoms with E-state index in [9.17, 15) is 27.6 Å². The predicted octanol–water partition coefficient (Wildman–Crippen LogP) is 5.29. The highest BCUT2D eigenvalue weighted by Crippen LogP contribution is 2.29. The summed E-state index contributed by atoms with van der Waals surface area (Å²) >= 11 is 12.2. The maximum Gasteiger partial charge on any atom is 0.573 e. The Balaban J connectivity index is 1.56. The van der Waals surface area contributed by atoms with Crippen LogP contribution in [0.15, 0.2) is 53.3 Å². The number of aromatic nitrogens is 4. The van der Waals surface area contributed by atoms with Gasteiger partial charge in [0.05, 0.1) is 28.3 Å². The number of benzene rings is 2. The number of nitrogens with one attached hydrogen (secondary N) is 2. The highest BCUT2D eigenvalue weighted by atomic mass is 35.5. The van der Waals surface area contributed by atoms with Crippen LogP contribution in [0, 0.1) is 0 Å². The molecule has 0 aliphatic carbocycles. The van der Waals surface area contributed by atoms with Crippen molar-refractivity contribution in [3.8, 4) is 11.6 Å². The molecule has 0 bridgehead atoms. The van der Waals surface area contributed by atoms with Gasteiger partial charge in [0.15, 0.2) is 5.82 Å². The minimum atomic E-state index is -4.84. The van der Waals surface area contributed by atoms with Crippen molar-refractivity contribution in [2.45, 2.75) is 45.3 Å². The van der Waals surface area contributed by atoms with Gasteiger partial charge in [-0.2, -0.15) is 5.10 Å². The van der Waals surface area contributed by atoms with Gasteiger partial charge in [-0.1, -0.05) is 35.3 Å². The maximum atomic E-state index is 14.1. The number of aryl methyl sites for hydroxylation is 1. The molecule has 5 rings (SSSR count). The Kier molecular flexibility index (Phi) is 9.05. The highest BCUT2D eigenvalue weighted by Gasteiger charge is 2.33. The van der Waals surface area contributed by atoms with Gasteiger partial charge in [-0.15, -0.1) is 13.2 Å². The topological polar surface area (TPSA) is 123 Å². The van der Waals surface area contributed by atoms with Gasteiger partial charge in [0.2, 0.25) is 5.95 Å². The molecule has 0 saturated carbocycles. The van der Waals surface area contributed by atoms with Crippen LogP contribution >= 0.6 is 23.2 Å². The Morgan fingerprint density at radius 2 is 1.78 bits per heavy atom. The number of ether oxygens (including phenoxy) is 1. The number of hydrogen-bond donors (Lipinski definition) is 2. The van der Waals surface area contributed by atoms with Crippen LogP contribution in [0.5, 0.6) is 5.75 Å². The Labute approximate surface area is 270 Å². The molecular formula is C30H28Cl2F3N7O4. The Morgan fingerprint density at radius 1 is 1.09 bits per heavy atom. The fraction of sp³-hybridized carbons (Fsp3) is 0.300. The standard InChI is InChI=1S/C30H28Cl2F3N7O4/c1-15-11-20-23(14-41(15)27(44)18-7-10-21(31)22(32)12-18)38-29(37-16(2)17-5-8-19(9-6-17)46-30(33,34)35)42(28(20)45)25-13-24(26(43)36-3)40(4)39-25/h5-10,12-13,15-16H,11,14H2,1-4H3,(H,36,43)(H,37,38)/t15-,16+/m1/s1. The molecule has 0 saturated heterocycles. The lowest BCUT2D eigenvalue weighted by Crippen LogP contribution is -2.46. The second-order valence-corrected chi connectivity index (χ2v) is 11.5. The molecule has 16 heteroatoms. The zero-order valence-electron chi connectivity index (χ0n) is 24.9. The van der Waals surface area contributed by atoms with Crippen molar-refractivity contribution in [1.29, 1.82) is 0 Å². The van der Waals surface area contributed by atoms with E-state index in [2.05, 4.69) is 20.5 Å². The lowest BCUT2D eigenvalue weighted by Gasteiger charge is -2.34. The predicted molar refractivity (Wildman–Crippen MR) is 165 cm³/mol. The summed E-state index contributed by atoms with van der Waals surface area (Å²) < 4.78 is 44.5. The minimum Gasteiger partial charge on any atom is -0.406 e. The molecule has 0 spiro atoms. The summed E-state index contributed by atoms with van der Waals surface area (Å²) in [7, 11) is 3.02. The Bertz CT molecular complexity index is 1880. The van der Waals surface area contributed by atoms with E-state index in [0.717, 1.165) is 0 Å². The van der Waals surface area contributed by atoms with Crippen LogP contribution in [0.4, 0.5) is 19.1 Å². The average molecular weight is 678 g/mol. The third kappa shape index (κ3) is 6.67. The van der Waals surface area contributed by atoms with Gasteiger partial charge in [0.25, 0.3) is 17.4 Å². The molecule has 0 unspecified atom stereocenters. The summed E-state index contributed by atoms with van der Waals surface area (Å²) in [6.45, 7) is 3.54. The third-order valence-electron chi connectivity index (χ3n) is 7.56. The molecule has 1 aliphatic heterocycles. The van der Waals surface area contributed by atoms with E-state index >= 15 is 0 Å². The molecule has 242 valence electrons. The fourth-order valence-corrected chi connectivity index (χ4v) is 5.47. The lowest BCUT2D eigenvalue weighted by molar-refractivity contribution is -0.274. The first-order chi connectivity index (χ1) is 21.7. The number of amides is 2. The van der Waals surface area contributed by atoms with Gasteiger partial charge in [-0.25, -0.2) is 9.55 Å². The maximum absolute atomic E-state index is 14.1. The molecule has 2 amide bonds. The van der Waals surface area contributed by atoms with Gasteiger partial charge < -0.3 is 20.3 Å². The van der Waals surface area contributed by atoms with E-state index in [4.69, 9.17) is 28.2 Å². The molecule has 0 radical (unpaired) electrons. The molecule has 2 N–H and O–H groups in total. The van der Waals surface area contributed by atoms with Gasteiger partial charge in [0.1, 0.15) is 11.4 Å². The van der Waals surface area contributed by atoms with Crippen molar-refractivity contribution >= 4 is 41.0 Å². The largest absolute Gasteiger partial charge is 0.573 e. The van der Waals surface area contributed by atoms with Gasteiger partial charge in [-0.05, 0) is 56.2 Å². The van der Waals surface area contributed by atoms with Crippen LogP contribution in [0.25, 0.3) is 5.82 Å². The van der Waals surface area contributed by atoms with Crippen molar-refractivity contribution < 1.29 is 27.5 Å². The van der Waals surface area contributed by atoms with Gasteiger partial charge >= 0.3 is 6.36 Å². The smallest absolute Gasteiger partial charge is 0.406 e. The first kappa shape index (κ1) is 32.8. The zero-order valence-corrected chi connectivity index (χ0v) is 26.5. The first-order valence-corrected chi connectivity index (χ1v) is 14.7. The molecule has 4 aromatic rings. The summed E-state index contributed by atoms with van der Waals surface area (Å²) in [5.41, 5.74) is 1.32. The van der Waals surface area contributed by atoms with Crippen molar-refractivity contribution in [2.24, 2.45) is 7.05 Å².